The maximum atomic E-state index is 11.2. The summed E-state index contributed by atoms with van der Waals surface area (Å²) >= 11 is 0. The van der Waals surface area contributed by atoms with Crippen LogP contribution in [0.15, 0.2) is 0 Å². The summed E-state index contributed by atoms with van der Waals surface area (Å²) in [6, 6.07) is 0. The predicted molar refractivity (Wildman–Crippen MR) is 47.0 cm³/mol. The first kappa shape index (κ1) is 10.2. The first-order chi connectivity index (χ1) is 6.15. The number of carbonyl (C=O) groups is 2. The van der Waals surface area contributed by atoms with Crippen molar-refractivity contribution in [3.63, 3.8) is 0 Å². The van der Waals surface area contributed by atoms with Crippen LogP contribution in [0, 0.1) is 5.92 Å². The second kappa shape index (κ2) is 4.37. The van der Waals surface area contributed by atoms with E-state index in [1.807, 2.05) is 13.8 Å². The molecule has 0 N–H and O–H groups in total. The highest BCUT2D eigenvalue weighted by Crippen LogP contribution is 2.08. The molecule has 0 aromatic heterocycles. The summed E-state index contributed by atoms with van der Waals surface area (Å²) in [5.41, 5.74) is 0. The minimum Gasteiger partial charge on any atom is -0.362 e. The molecule has 0 aromatic rings. The van der Waals surface area contributed by atoms with Gasteiger partial charge in [-0.3, -0.25) is 14.5 Å². The van der Waals surface area contributed by atoms with Gasteiger partial charge in [-0.2, -0.15) is 0 Å². The molecule has 1 unspecified atom stereocenters. The summed E-state index contributed by atoms with van der Waals surface area (Å²) in [6.07, 6.45) is 0.970. The van der Waals surface area contributed by atoms with Crippen molar-refractivity contribution in [2.45, 2.75) is 20.3 Å². The Hall–Kier alpha value is -0.900. The van der Waals surface area contributed by atoms with Crippen molar-refractivity contribution >= 4 is 11.8 Å². The molecule has 0 radical (unpaired) electrons. The largest absolute Gasteiger partial charge is 0.362 e. The van der Waals surface area contributed by atoms with Crippen molar-refractivity contribution in [3.05, 3.63) is 0 Å². The average molecular weight is 185 g/mol. The Bertz CT molecular complexity index is 199. The van der Waals surface area contributed by atoms with E-state index in [0.717, 1.165) is 6.42 Å². The lowest BCUT2D eigenvalue weighted by Crippen LogP contribution is -2.47. The van der Waals surface area contributed by atoms with E-state index in [-0.39, 0.29) is 25.0 Å². The number of carbonyl (C=O) groups excluding carboxylic acids is 2. The number of rotatable bonds is 3. The SMILES string of the molecule is CCC(C)CN1C(=O)COCC1=O. The van der Waals surface area contributed by atoms with Gasteiger partial charge in [-0.25, -0.2) is 0 Å². The fraction of sp³-hybridized carbons (Fsp3) is 0.778. The van der Waals surface area contributed by atoms with Gasteiger partial charge in [-0.15, -0.1) is 0 Å². The molecule has 4 nitrogen and oxygen atoms in total. The van der Waals surface area contributed by atoms with E-state index in [2.05, 4.69) is 0 Å². The monoisotopic (exact) mass is 185 g/mol. The zero-order valence-electron chi connectivity index (χ0n) is 8.08. The second-order valence-corrected chi connectivity index (χ2v) is 3.40. The molecule has 0 saturated carbocycles. The van der Waals surface area contributed by atoms with Crippen molar-refractivity contribution < 1.29 is 14.3 Å². The zero-order valence-corrected chi connectivity index (χ0v) is 8.08. The van der Waals surface area contributed by atoms with E-state index in [4.69, 9.17) is 4.74 Å². The van der Waals surface area contributed by atoms with Gasteiger partial charge in [0.15, 0.2) is 0 Å². The number of hydrogen-bond acceptors (Lipinski definition) is 3. The third-order valence-corrected chi connectivity index (χ3v) is 2.24. The van der Waals surface area contributed by atoms with E-state index in [1.54, 1.807) is 0 Å². The van der Waals surface area contributed by atoms with Crippen LogP contribution in [0.3, 0.4) is 0 Å². The van der Waals surface area contributed by atoms with Crippen LogP contribution in [0.2, 0.25) is 0 Å². The first-order valence-corrected chi connectivity index (χ1v) is 4.56. The molecule has 1 saturated heterocycles. The van der Waals surface area contributed by atoms with Crippen molar-refractivity contribution in [1.82, 2.24) is 4.90 Å². The number of hydrogen-bond donors (Lipinski definition) is 0. The van der Waals surface area contributed by atoms with Crippen LogP contribution in [0.25, 0.3) is 0 Å². The topological polar surface area (TPSA) is 46.6 Å². The maximum absolute atomic E-state index is 11.2. The summed E-state index contributed by atoms with van der Waals surface area (Å²) in [5.74, 6) is -0.0564. The maximum Gasteiger partial charge on any atom is 0.255 e. The lowest BCUT2D eigenvalue weighted by molar-refractivity contribution is -0.159. The van der Waals surface area contributed by atoms with Gasteiger partial charge in [0.25, 0.3) is 11.8 Å². The Morgan fingerprint density at radius 1 is 1.38 bits per heavy atom. The van der Waals surface area contributed by atoms with Crippen LogP contribution in [0.5, 0.6) is 0 Å². The van der Waals surface area contributed by atoms with Gasteiger partial charge >= 0.3 is 0 Å². The molecule has 0 bridgehead atoms. The smallest absolute Gasteiger partial charge is 0.255 e. The van der Waals surface area contributed by atoms with Crippen molar-refractivity contribution in [3.8, 4) is 0 Å². The molecule has 13 heavy (non-hydrogen) atoms. The number of nitrogens with zero attached hydrogens (tertiary/aromatic N) is 1. The molecule has 1 aliphatic rings. The summed E-state index contributed by atoms with van der Waals surface area (Å²) in [4.78, 5) is 23.8. The molecule has 1 heterocycles. The minimum atomic E-state index is -0.212. The third-order valence-electron chi connectivity index (χ3n) is 2.24. The number of ether oxygens (including phenoxy) is 1. The minimum absolute atomic E-state index is 0.0438. The van der Waals surface area contributed by atoms with Gasteiger partial charge in [0.2, 0.25) is 0 Å². The number of imide groups is 1. The molecule has 0 spiro atoms. The molecule has 1 atom stereocenters. The molecule has 0 aromatic carbocycles. The Labute approximate surface area is 77.8 Å². The van der Waals surface area contributed by atoms with Crippen LogP contribution < -0.4 is 0 Å². The van der Waals surface area contributed by atoms with E-state index in [9.17, 15) is 9.59 Å². The molecule has 74 valence electrons. The third kappa shape index (κ3) is 2.52. The quantitative estimate of drug-likeness (QED) is 0.598. The lowest BCUT2D eigenvalue weighted by atomic mass is 10.1. The highest BCUT2D eigenvalue weighted by Gasteiger charge is 2.27. The second-order valence-electron chi connectivity index (χ2n) is 3.40. The van der Waals surface area contributed by atoms with Crippen LogP contribution >= 0.6 is 0 Å². The van der Waals surface area contributed by atoms with Crippen LogP contribution in [-0.4, -0.2) is 36.5 Å². The van der Waals surface area contributed by atoms with Gasteiger partial charge in [-0.1, -0.05) is 20.3 Å². The Morgan fingerprint density at radius 3 is 2.38 bits per heavy atom. The average Bonchev–Trinajstić information content (AvgIpc) is 2.11. The molecule has 1 aliphatic heterocycles. The molecule has 0 aliphatic carbocycles. The Morgan fingerprint density at radius 2 is 1.92 bits per heavy atom. The van der Waals surface area contributed by atoms with Crippen LogP contribution in [0.1, 0.15) is 20.3 Å². The van der Waals surface area contributed by atoms with Gasteiger partial charge in [0.05, 0.1) is 0 Å². The van der Waals surface area contributed by atoms with E-state index < -0.39 is 0 Å². The van der Waals surface area contributed by atoms with Gasteiger partial charge in [-0.05, 0) is 5.92 Å². The highest BCUT2D eigenvalue weighted by atomic mass is 16.5. The zero-order chi connectivity index (χ0) is 9.84. The molecule has 2 amide bonds. The van der Waals surface area contributed by atoms with Gasteiger partial charge in [0, 0.05) is 6.54 Å². The molecule has 1 rings (SSSR count). The summed E-state index contributed by atoms with van der Waals surface area (Å²) < 4.78 is 4.80. The molecule has 1 fully saturated rings. The van der Waals surface area contributed by atoms with Gasteiger partial charge < -0.3 is 4.74 Å². The summed E-state index contributed by atoms with van der Waals surface area (Å²) in [5, 5.41) is 0. The Balaban J connectivity index is 2.54. The molecule has 4 heteroatoms. The lowest BCUT2D eigenvalue weighted by Gasteiger charge is -2.27. The van der Waals surface area contributed by atoms with Crippen molar-refractivity contribution in [2.75, 3.05) is 19.8 Å². The van der Waals surface area contributed by atoms with Crippen molar-refractivity contribution in [1.29, 1.82) is 0 Å². The Kier molecular flexibility index (Phi) is 3.42. The predicted octanol–water partition coefficient (Wildman–Crippen LogP) is 0.418. The fourth-order valence-corrected chi connectivity index (χ4v) is 1.16. The molecular weight excluding hydrogens is 170 g/mol. The summed E-state index contributed by atoms with van der Waals surface area (Å²) in [7, 11) is 0. The first-order valence-electron chi connectivity index (χ1n) is 4.56. The van der Waals surface area contributed by atoms with E-state index >= 15 is 0 Å². The van der Waals surface area contributed by atoms with Crippen LogP contribution in [0.4, 0.5) is 0 Å². The number of amides is 2. The number of morpholine rings is 1. The summed E-state index contributed by atoms with van der Waals surface area (Å²) in [6.45, 7) is 4.68. The molecular formula is C9H15NO3. The fourth-order valence-electron chi connectivity index (χ4n) is 1.16. The highest BCUT2D eigenvalue weighted by molar-refractivity contribution is 5.98. The van der Waals surface area contributed by atoms with E-state index in [1.165, 1.54) is 4.90 Å². The normalized spacial score (nSPS) is 20.6. The standard InChI is InChI=1S/C9H15NO3/c1-3-7(2)4-10-8(11)5-13-6-9(10)12/h7H,3-6H2,1-2H3. The van der Waals surface area contributed by atoms with Crippen molar-refractivity contribution in [2.24, 2.45) is 5.92 Å². The van der Waals surface area contributed by atoms with Crippen LogP contribution in [-0.2, 0) is 14.3 Å². The van der Waals surface area contributed by atoms with E-state index in [0.29, 0.717) is 12.5 Å². The van der Waals surface area contributed by atoms with Gasteiger partial charge in [0.1, 0.15) is 13.2 Å².